The molecule has 2 nitrogen and oxygen atoms in total. The normalized spacial score (nSPS) is 20.5. The molecule has 1 aliphatic heterocycles. The Morgan fingerprint density at radius 3 is 2.80 bits per heavy atom. The predicted octanol–water partition coefficient (Wildman–Crippen LogP) is 3.14. The van der Waals surface area contributed by atoms with Crippen molar-refractivity contribution in [2.24, 2.45) is 5.92 Å². The van der Waals surface area contributed by atoms with Gasteiger partial charge in [-0.15, -0.1) is 0 Å². The van der Waals surface area contributed by atoms with Crippen molar-refractivity contribution in [3.8, 4) is 0 Å². The van der Waals surface area contributed by atoms with E-state index < -0.39 is 11.7 Å². The quantitative estimate of drug-likeness (QED) is 0.894. The lowest BCUT2D eigenvalue weighted by Crippen LogP contribution is -2.26. The average molecular weight is 286 g/mol. The van der Waals surface area contributed by atoms with E-state index in [0.29, 0.717) is 18.0 Å². The molecule has 1 atom stereocenters. The first-order valence-electron chi connectivity index (χ1n) is 7.08. The van der Waals surface area contributed by atoms with Crippen LogP contribution < -0.4 is 5.32 Å². The third-order valence-corrected chi connectivity index (χ3v) is 3.83. The highest BCUT2D eigenvalue weighted by Crippen LogP contribution is 2.29. The van der Waals surface area contributed by atoms with Crippen LogP contribution in [-0.4, -0.2) is 31.1 Å². The summed E-state index contributed by atoms with van der Waals surface area (Å²) in [5.41, 5.74) is 0.111. The first-order valence-corrected chi connectivity index (χ1v) is 7.08. The second kappa shape index (κ2) is 6.59. The summed E-state index contributed by atoms with van der Waals surface area (Å²) in [6.45, 7) is 6.81. The van der Waals surface area contributed by atoms with Gasteiger partial charge in [0.2, 0.25) is 0 Å². The third kappa shape index (κ3) is 4.21. The number of nitrogens with zero attached hydrogens (tertiary/aromatic N) is 1. The first kappa shape index (κ1) is 15.3. The van der Waals surface area contributed by atoms with Crippen molar-refractivity contribution in [3.05, 3.63) is 35.4 Å². The van der Waals surface area contributed by atoms with Gasteiger partial charge in [-0.25, -0.2) is 0 Å². The Kier molecular flexibility index (Phi) is 5.05. The van der Waals surface area contributed by atoms with Crippen molar-refractivity contribution in [3.63, 3.8) is 0 Å². The fourth-order valence-corrected chi connectivity index (χ4v) is 2.64. The smallest absolute Gasteiger partial charge is 0.312 e. The van der Waals surface area contributed by atoms with Gasteiger partial charge in [-0.3, -0.25) is 0 Å². The minimum atomic E-state index is -4.26. The fourth-order valence-electron chi connectivity index (χ4n) is 2.64. The number of hydrogen-bond donors (Lipinski definition) is 1. The van der Waals surface area contributed by atoms with Gasteiger partial charge in [0.1, 0.15) is 0 Å². The van der Waals surface area contributed by atoms with Crippen LogP contribution >= 0.6 is 0 Å². The molecule has 1 heterocycles. The van der Waals surface area contributed by atoms with E-state index in [0.717, 1.165) is 32.2 Å². The van der Waals surface area contributed by atoms with E-state index in [-0.39, 0.29) is 0 Å². The SMILES string of the molecule is CCN1CCC(CNCc2cccc(C(F)(F)F)c2)C1. The maximum Gasteiger partial charge on any atom is 0.416 e. The number of rotatable bonds is 5. The van der Waals surface area contributed by atoms with Gasteiger partial charge in [0.25, 0.3) is 0 Å². The van der Waals surface area contributed by atoms with Gasteiger partial charge in [0.05, 0.1) is 5.56 Å². The molecule has 112 valence electrons. The molecule has 1 saturated heterocycles. The number of nitrogens with one attached hydrogen (secondary N) is 1. The van der Waals surface area contributed by atoms with Crippen LogP contribution in [-0.2, 0) is 12.7 Å². The molecule has 1 aromatic carbocycles. The largest absolute Gasteiger partial charge is 0.416 e. The Morgan fingerprint density at radius 2 is 2.15 bits per heavy atom. The van der Waals surface area contributed by atoms with Crippen molar-refractivity contribution in [2.75, 3.05) is 26.2 Å². The molecule has 0 saturated carbocycles. The van der Waals surface area contributed by atoms with E-state index in [1.165, 1.54) is 18.6 Å². The highest BCUT2D eigenvalue weighted by Gasteiger charge is 2.30. The van der Waals surface area contributed by atoms with Gasteiger partial charge in [-0.05, 0) is 43.6 Å². The molecule has 1 aliphatic rings. The second-order valence-corrected chi connectivity index (χ2v) is 5.38. The lowest BCUT2D eigenvalue weighted by molar-refractivity contribution is -0.137. The van der Waals surface area contributed by atoms with E-state index in [4.69, 9.17) is 0 Å². The maximum atomic E-state index is 12.6. The zero-order chi connectivity index (χ0) is 14.6. The van der Waals surface area contributed by atoms with Crippen LogP contribution in [0.15, 0.2) is 24.3 Å². The van der Waals surface area contributed by atoms with Crippen molar-refractivity contribution in [1.29, 1.82) is 0 Å². The molecule has 1 unspecified atom stereocenters. The Bertz CT molecular complexity index is 431. The molecule has 1 N–H and O–H groups in total. The summed E-state index contributed by atoms with van der Waals surface area (Å²) < 4.78 is 37.8. The number of halogens is 3. The van der Waals surface area contributed by atoms with Crippen LogP contribution in [0.3, 0.4) is 0 Å². The summed E-state index contributed by atoms with van der Waals surface area (Å²) >= 11 is 0. The first-order chi connectivity index (χ1) is 9.49. The molecule has 0 amide bonds. The average Bonchev–Trinajstić information content (AvgIpc) is 2.86. The van der Waals surface area contributed by atoms with Crippen molar-refractivity contribution in [1.82, 2.24) is 10.2 Å². The van der Waals surface area contributed by atoms with E-state index in [9.17, 15) is 13.2 Å². The molecule has 0 aromatic heterocycles. The highest BCUT2D eigenvalue weighted by atomic mass is 19.4. The van der Waals surface area contributed by atoms with Crippen LogP contribution in [0.1, 0.15) is 24.5 Å². The van der Waals surface area contributed by atoms with Crippen molar-refractivity contribution in [2.45, 2.75) is 26.1 Å². The predicted molar refractivity (Wildman–Crippen MR) is 73.4 cm³/mol. The molecule has 0 aliphatic carbocycles. The van der Waals surface area contributed by atoms with Gasteiger partial charge in [0, 0.05) is 13.1 Å². The minimum Gasteiger partial charge on any atom is -0.312 e. The lowest BCUT2D eigenvalue weighted by Gasteiger charge is -2.14. The van der Waals surface area contributed by atoms with Crippen LogP contribution in [0, 0.1) is 5.92 Å². The zero-order valence-electron chi connectivity index (χ0n) is 11.7. The topological polar surface area (TPSA) is 15.3 Å². The molecule has 20 heavy (non-hydrogen) atoms. The monoisotopic (exact) mass is 286 g/mol. The van der Waals surface area contributed by atoms with Crippen LogP contribution in [0.2, 0.25) is 0 Å². The second-order valence-electron chi connectivity index (χ2n) is 5.38. The molecule has 0 bridgehead atoms. The Labute approximate surface area is 118 Å². The van der Waals surface area contributed by atoms with E-state index in [1.807, 2.05) is 0 Å². The summed E-state index contributed by atoms with van der Waals surface area (Å²) in [7, 11) is 0. The van der Waals surface area contributed by atoms with Gasteiger partial charge >= 0.3 is 6.18 Å². The van der Waals surface area contributed by atoms with Crippen LogP contribution in [0.4, 0.5) is 13.2 Å². The van der Waals surface area contributed by atoms with E-state index >= 15 is 0 Å². The summed E-state index contributed by atoms with van der Waals surface area (Å²) in [4.78, 5) is 2.40. The molecule has 1 fully saturated rings. The Balaban J connectivity index is 1.80. The zero-order valence-corrected chi connectivity index (χ0v) is 11.7. The molecular formula is C15H21F3N2. The maximum absolute atomic E-state index is 12.6. The van der Waals surface area contributed by atoms with E-state index in [1.54, 1.807) is 6.07 Å². The molecule has 0 radical (unpaired) electrons. The molecule has 1 aromatic rings. The van der Waals surface area contributed by atoms with Crippen molar-refractivity contribution < 1.29 is 13.2 Å². The number of likely N-dealkylation sites (tertiary alicyclic amines) is 1. The lowest BCUT2D eigenvalue weighted by atomic mass is 10.1. The number of alkyl halides is 3. The van der Waals surface area contributed by atoms with E-state index in [2.05, 4.69) is 17.1 Å². The third-order valence-electron chi connectivity index (χ3n) is 3.83. The summed E-state index contributed by atoms with van der Waals surface area (Å²) in [5.74, 6) is 0.612. The summed E-state index contributed by atoms with van der Waals surface area (Å²) in [6.07, 6.45) is -3.09. The number of hydrogen-bond acceptors (Lipinski definition) is 2. The molecule has 0 spiro atoms. The van der Waals surface area contributed by atoms with Gasteiger partial charge in [0.15, 0.2) is 0 Å². The Hall–Kier alpha value is -1.07. The van der Waals surface area contributed by atoms with Gasteiger partial charge < -0.3 is 10.2 Å². The van der Waals surface area contributed by atoms with Gasteiger partial charge in [-0.2, -0.15) is 13.2 Å². The van der Waals surface area contributed by atoms with Crippen LogP contribution in [0.25, 0.3) is 0 Å². The Morgan fingerprint density at radius 1 is 1.35 bits per heavy atom. The minimum absolute atomic E-state index is 0.493. The number of benzene rings is 1. The summed E-state index contributed by atoms with van der Waals surface area (Å²) in [6, 6.07) is 5.53. The molecule has 5 heteroatoms. The van der Waals surface area contributed by atoms with Gasteiger partial charge in [-0.1, -0.05) is 25.1 Å². The highest BCUT2D eigenvalue weighted by molar-refractivity contribution is 5.25. The molecular weight excluding hydrogens is 265 g/mol. The van der Waals surface area contributed by atoms with Crippen LogP contribution in [0.5, 0.6) is 0 Å². The molecule has 2 rings (SSSR count). The standard InChI is InChI=1S/C15H21F3N2/c1-2-20-7-6-13(11-20)10-19-9-12-4-3-5-14(8-12)15(16,17)18/h3-5,8,13,19H,2,6-7,9-11H2,1H3. The summed E-state index contributed by atoms with van der Waals surface area (Å²) in [5, 5.41) is 3.27. The fraction of sp³-hybridized carbons (Fsp3) is 0.600. The van der Waals surface area contributed by atoms with Crippen molar-refractivity contribution >= 4 is 0 Å².